The molecule has 0 aromatic carbocycles. The molecular formula is C9H14N2O2. The van der Waals surface area contributed by atoms with Gasteiger partial charge in [0.15, 0.2) is 0 Å². The van der Waals surface area contributed by atoms with Crippen LogP contribution >= 0.6 is 0 Å². The molecule has 2 N–H and O–H groups in total. The predicted molar refractivity (Wildman–Crippen MR) is 48.3 cm³/mol. The van der Waals surface area contributed by atoms with Crippen molar-refractivity contribution < 1.29 is 9.53 Å². The predicted octanol–water partition coefficient (Wildman–Crippen LogP) is 0.116. The molecule has 4 nitrogen and oxygen atoms in total. The number of nitrogens with one attached hydrogen (secondary N) is 2. The molecular weight excluding hydrogens is 168 g/mol. The van der Waals surface area contributed by atoms with Crippen molar-refractivity contribution in [1.29, 1.82) is 0 Å². The molecule has 2 rings (SSSR count). The third-order valence-corrected chi connectivity index (χ3v) is 2.66. The van der Waals surface area contributed by atoms with E-state index in [4.69, 9.17) is 4.74 Å². The SMILES string of the molecule is C=CCNC(=O)NC1[C@H]2COC[C@H]12. The summed E-state index contributed by atoms with van der Waals surface area (Å²) in [6.07, 6.45) is 1.66. The lowest BCUT2D eigenvalue weighted by Crippen LogP contribution is -2.38. The second-order valence-corrected chi connectivity index (χ2v) is 3.53. The maximum absolute atomic E-state index is 11.2. The first-order valence-electron chi connectivity index (χ1n) is 4.56. The first-order chi connectivity index (χ1) is 6.33. The number of rotatable bonds is 3. The lowest BCUT2D eigenvalue weighted by atomic mass is 10.4. The minimum atomic E-state index is -0.0979. The second kappa shape index (κ2) is 3.38. The van der Waals surface area contributed by atoms with Crippen molar-refractivity contribution in [3.63, 3.8) is 0 Å². The topological polar surface area (TPSA) is 50.4 Å². The zero-order valence-electron chi connectivity index (χ0n) is 7.45. The van der Waals surface area contributed by atoms with E-state index >= 15 is 0 Å². The van der Waals surface area contributed by atoms with Gasteiger partial charge in [0.05, 0.1) is 13.2 Å². The molecule has 2 aliphatic rings. The molecule has 0 radical (unpaired) electrons. The monoisotopic (exact) mass is 182 g/mol. The minimum absolute atomic E-state index is 0.0979. The van der Waals surface area contributed by atoms with Gasteiger partial charge in [-0.1, -0.05) is 6.08 Å². The normalized spacial score (nSPS) is 34.9. The molecule has 0 bridgehead atoms. The van der Waals surface area contributed by atoms with Gasteiger partial charge in [-0.3, -0.25) is 0 Å². The molecule has 72 valence electrons. The van der Waals surface area contributed by atoms with E-state index in [2.05, 4.69) is 17.2 Å². The summed E-state index contributed by atoms with van der Waals surface area (Å²) in [7, 11) is 0. The second-order valence-electron chi connectivity index (χ2n) is 3.53. The summed E-state index contributed by atoms with van der Waals surface area (Å²) in [4.78, 5) is 11.2. The van der Waals surface area contributed by atoms with Crippen molar-refractivity contribution in [2.75, 3.05) is 19.8 Å². The van der Waals surface area contributed by atoms with E-state index in [9.17, 15) is 4.79 Å². The van der Waals surface area contributed by atoms with Crippen LogP contribution in [0.15, 0.2) is 12.7 Å². The number of hydrogen-bond acceptors (Lipinski definition) is 2. The Bertz CT molecular complexity index is 220. The van der Waals surface area contributed by atoms with Crippen molar-refractivity contribution in [1.82, 2.24) is 10.6 Å². The Hall–Kier alpha value is -1.03. The van der Waals surface area contributed by atoms with Crippen molar-refractivity contribution in [2.24, 2.45) is 11.8 Å². The van der Waals surface area contributed by atoms with Crippen LogP contribution in [0.1, 0.15) is 0 Å². The van der Waals surface area contributed by atoms with Gasteiger partial charge < -0.3 is 15.4 Å². The van der Waals surface area contributed by atoms with Gasteiger partial charge in [-0.05, 0) is 0 Å². The average molecular weight is 182 g/mol. The lowest BCUT2D eigenvalue weighted by Gasteiger charge is -2.07. The third kappa shape index (κ3) is 1.67. The number of fused-ring (bicyclic) bond motifs is 1. The van der Waals surface area contributed by atoms with Crippen LogP contribution in [-0.4, -0.2) is 31.8 Å². The van der Waals surface area contributed by atoms with Crippen LogP contribution in [0.4, 0.5) is 4.79 Å². The van der Waals surface area contributed by atoms with Crippen LogP contribution in [-0.2, 0) is 4.74 Å². The van der Waals surface area contributed by atoms with Gasteiger partial charge in [-0.15, -0.1) is 6.58 Å². The molecule has 2 fully saturated rings. The maximum atomic E-state index is 11.2. The highest BCUT2D eigenvalue weighted by atomic mass is 16.5. The fourth-order valence-electron chi connectivity index (χ4n) is 1.82. The number of carbonyl (C=O) groups is 1. The van der Waals surface area contributed by atoms with Gasteiger partial charge >= 0.3 is 6.03 Å². The highest BCUT2D eigenvalue weighted by Gasteiger charge is 2.54. The molecule has 1 aliphatic heterocycles. The Morgan fingerprint density at radius 3 is 2.85 bits per heavy atom. The smallest absolute Gasteiger partial charge is 0.315 e. The molecule has 1 saturated carbocycles. The summed E-state index contributed by atoms with van der Waals surface area (Å²) in [6.45, 7) is 5.65. The Kier molecular flexibility index (Phi) is 2.22. The van der Waals surface area contributed by atoms with E-state index < -0.39 is 0 Å². The zero-order valence-corrected chi connectivity index (χ0v) is 7.45. The van der Waals surface area contributed by atoms with Crippen molar-refractivity contribution in [3.05, 3.63) is 12.7 Å². The van der Waals surface area contributed by atoms with Gasteiger partial charge in [0.25, 0.3) is 0 Å². The van der Waals surface area contributed by atoms with Crippen molar-refractivity contribution in [2.45, 2.75) is 6.04 Å². The van der Waals surface area contributed by atoms with Crippen LogP contribution in [0.5, 0.6) is 0 Å². The van der Waals surface area contributed by atoms with E-state index in [1.54, 1.807) is 6.08 Å². The van der Waals surface area contributed by atoms with Gasteiger partial charge in [-0.25, -0.2) is 4.79 Å². The van der Waals surface area contributed by atoms with E-state index in [1.165, 1.54) is 0 Å². The fourth-order valence-corrected chi connectivity index (χ4v) is 1.82. The minimum Gasteiger partial charge on any atom is -0.381 e. The van der Waals surface area contributed by atoms with Gasteiger partial charge in [0.1, 0.15) is 0 Å². The van der Waals surface area contributed by atoms with Gasteiger partial charge in [0, 0.05) is 24.4 Å². The molecule has 4 heteroatoms. The first-order valence-corrected chi connectivity index (χ1v) is 4.56. The summed E-state index contributed by atoms with van der Waals surface area (Å²) >= 11 is 0. The van der Waals surface area contributed by atoms with E-state index in [-0.39, 0.29) is 6.03 Å². The molecule has 2 atom stereocenters. The maximum Gasteiger partial charge on any atom is 0.315 e. The van der Waals surface area contributed by atoms with E-state index in [0.717, 1.165) is 13.2 Å². The molecule has 2 amide bonds. The van der Waals surface area contributed by atoms with Crippen LogP contribution in [0.3, 0.4) is 0 Å². The molecule has 0 aromatic heterocycles. The van der Waals surface area contributed by atoms with E-state index in [0.29, 0.717) is 24.4 Å². The summed E-state index contributed by atoms with van der Waals surface area (Å²) in [6, 6.07) is 0.248. The van der Waals surface area contributed by atoms with Crippen LogP contribution in [0.2, 0.25) is 0 Å². The number of amides is 2. The van der Waals surface area contributed by atoms with Crippen LogP contribution in [0.25, 0.3) is 0 Å². The molecule has 1 aliphatic carbocycles. The Morgan fingerprint density at radius 2 is 2.23 bits per heavy atom. The Morgan fingerprint density at radius 1 is 1.54 bits per heavy atom. The molecule has 0 aromatic rings. The number of ether oxygens (including phenoxy) is 1. The Labute approximate surface area is 77.3 Å². The van der Waals surface area contributed by atoms with Gasteiger partial charge in [0.2, 0.25) is 0 Å². The summed E-state index contributed by atoms with van der Waals surface area (Å²) in [5.41, 5.74) is 0. The summed E-state index contributed by atoms with van der Waals surface area (Å²) < 4.78 is 5.21. The quantitative estimate of drug-likeness (QED) is 0.609. The molecule has 0 unspecified atom stereocenters. The van der Waals surface area contributed by atoms with E-state index in [1.807, 2.05) is 0 Å². The molecule has 1 heterocycles. The highest BCUT2D eigenvalue weighted by molar-refractivity contribution is 5.74. The molecule has 13 heavy (non-hydrogen) atoms. The third-order valence-electron chi connectivity index (χ3n) is 2.66. The van der Waals surface area contributed by atoms with Crippen molar-refractivity contribution >= 4 is 6.03 Å². The van der Waals surface area contributed by atoms with Crippen molar-refractivity contribution in [3.8, 4) is 0 Å². The fraction of sp³-hybridized carbons (Fsp3) is 0.667. The molecule has 0 spiro atoms. The van der Waals surface area contributed by atoms with Crippen LogP contribution in [0, 0.1) is 11.8 Å². The average Bonchev–Trinajstić information content (AvgIpc) is 2.63. The number of urea groups is 1. The zero-order chi connectivity index (χ0) is 9.26. The summed E-state index contributed by atoms with van der Waals surface area (Å²) in [5, 5.41) is 5.60. The lowest BCUT2D eigenvalue weighted by molar-refractivity contribution is 0.156. The number of hydrogen-bond donors (Lipinski definition) is 2. The highest BCUT2D eigenvalue weighted by Crippen LogP contribution is 2.43. The largest absolute Gasteiger partial charge is 0.381 e. The van der Waals surface area contributed by atoms with Gasteiger partial charge in [-0.2, -0.15) is 0 Å². The Balaban J connectivity index is 1.68. The summed E-state index contributed by atoms with van der Waals surface area (Å²) in [5.74, 6) is 1.13. The standard InChI is InChI=1S/C9H14N2O2/c1-2-3-10-9(12)11-8-6-4-13-5-7(6)8/h2,6-8H,1,3-5H2,(H2,10,11,12)/t6-,7-/m0/s1. The van der Waals surface area contributed by atoms with Crippen LogP contribution < -0.4 is 10.6 Å². The molecule has 1 saturated heterocycles. The first kappa shape index (κ1) is 8.56. The number of carbonyl (C=O) groups excluding carboxylic acids is 1.